The topological polar surface area (TPSA) is 129 Å². The van der Waals surface area contributed by atoms with Crippen molar-refractivity contribution < 1.29 is 38.8 Å². The number of carbonyl (C=O) groups is 3. The van der Waals surface area contributed by atoms with Crippen LogP contribution in [0.4, 0.5) is 0 Å². The van der Waals surface area contributed by atoms with Crippen molar-refractivity contribution in [3.63, 3.8) is 0 Å². The van der Waals surface area contributed by atoms with Crippen LogP contribution in [0.5, 0.6) is 0 Å². The van der Waals surface area contributed by atoms with Gasteiger partial charge in [0, 0.05) is 37.9 Å². The lowest BCUT2D eigenvalue weighted by Crippen LogP contribution is -2.67. The van der Waals surface area contributed by atoms with Gasteiger partial charge in [-0.05, 0) is 0 Å². The number of aliphatic hydroxyl groups is 2. The van der Waals surface area contributed by atoms with Crippen molar-refractivity contribution in [3.05, 3.63) is 38.0 Å². The summed E-state index contributed by atoms with van der Waals surface area (Å²) >= 11 is 0. The van der Waals surface area contributed by atoms with E-state index in [9.17, 15) is 24.6 Å². The van der Waals surface area contributed by atoms with Crippen molar-refractivity contribution >= 4 is 17.9 Å². The Labute approximate surface area is 169 Å². The molecule has 11 heteroatoms. The lowest BCUT2D eigenvalue weighted by atomic mass is 10.4. The van der Waals surface area contributed by atoms with E-state index in [1.165, 1.54) is 14.7 Å². The third-order valence-corrected chi connectivity index (χ3v) is 3.95. The molecule has 1 rings (SSSR count). The summed E-state index contributed by atoms with van der Waals surface area (Å²) in [4.78, 5) is 37.9. The lowest BCUT2D eigenvalue weighted by molar-refractivity contribution is -0.276. The Bertz CT molecular complexity index is 574. The minimum Gasteiger partial charge on any atom is -0.461 e. The predicted molar refractivity (Wildman–Crippen MR) is 100 cm³/mol. The number of rotatable bonds is 12. The van der Waals surface area contributed by atoms with Crippen LogP contribution in [0.15, 0.2) is 38.0 Å². The van der Waals surface area contributed by atoms with Gasteiger partial charge in [0.05, 0.1) is 6.67 Å². The minimum absolute atomic E-state index is 0.00774. The summed E-state index contributed by atoms with van der Waals surface area (Å²) < 4.78 is 14.7. The molecule has 0 aromatic carbocycles. The summed E-state index contributed by atoms with van der Waals surface area (Å²) in [6.07, 6.45) is 0.584. The van der Waals surface area contributed by atoms with Gasteiger partial charge >= 0.3 is 17.9 Å². The number of ether oxygens (including phenoxy) is 3. The number of aliphatic hydroxyl groups excluding tert-OH is 2. The van der Waals surface area contributed by atoms with Crippen LogP contribution in [0.1, 0.15) is 0 Å². The third kappa shape index (κ3) is 8.13. The van der Waals surface area contributed by atoms with E-state index >= 15 is 0 Å². The summed E-state index contributed by atoms with van der Waals surface area (Å²) in [5.74, 6) is -1.83. The Balaban J connectivity index is 2.75. The fourth-order valence-corrected chi connectivity index (χ4v) is 2.48. The zero-order valence-electron chi connectivity index (χ0n) is 16.1. The first kappa shape index (κ1) is 24.5. The van der Waals surface area contributed by atoms with E-state index in [1.807, 2.05) is 0 Å². The number of carbonyl (C=O) groups excluding carboxylic acids is 3. The van der Waals surface area contributed by atoms with Gasteiger partial charge in [0.2, 0.25) is 0 Å². The average Bonchev–Trinajstić information content (AvgIpc) is 2.72. The van der Waals surface area contributed by atoms with Gasteiger partial charge in [-0.3, -0.25) is 0 Å². The first-order chi connectivity index (χ1) is 13.8. The molecule has 1 saturated heterocycles. The maximum atomic E-state index is 11.2. The highest BCUT2D eigenvalue weighted by Crippen LogP contribution is 2.18. The average molecular weight is 413 g/mol. The Morgan fingerprint density at radius 3 is 1.45 bits per heavy atom. The first-order valence-electron chi connectivity index (χ1n) is 8.81. The summed E-state index contributed by atoms with van der Waals surface area (Å²) in [5, 5.41) is 21.1. The molecule has 0 aromatic rings. The SMILES string of the molecule is C=CC(=O)OCCN1CN(CCOC(=O)C=C)C(O)N(CCOC(=O)C=C)C1O. The van der Waals surface area contributed by atoms with Crippen molar-refractivity contribution in [1.29, 1.82) is 0 Å². The Hall–Kier alpha value is -2.57. The molecule has 2 N–H and O–H groups in total. The monoisotopic (exact) mass is 413 g/mol. The molecule has 0 saturated carbocycles. The molecule has 0 bridgehead atoms. The minimum atomic E-state index is -1.23. The molecule has 1 aliphatic rings. The van der Waals surface area contributed by atoms with E-state index < -0.39 is 30.6 Å². The maximum Gasteiger partial charge on any atom is 0.330 e. The summed E-state index contributed by atoms with van der Waals surface area (Å²) in [6, 6.07) is 0. The molecule has 0 spiro atoms. The van der Waals surface area contributed by atoms with Crippen LogP contribution < -0.4 is 0 Å². The van der Waals surface area contributed by atoms with Crippen molar-refractivity contribution in [1.82, 2.24) is 14.7 Å². The second kappa shape index (κ2) is 12.8. The highest BCUT2D eigenvalue weighted by Gasteiger charge is 2.38. The molecule has 2 unspecified atom stereocenters. The van der Waals surface area contributed by atoms with Gasteiger partial charge in [-0.15, -0.1) is 0 Å². The summed E-state index contributed by atoms with van der Waals surface area (Å²) in [6.45, 7) is 10.2. The van der Waals surface area contributed by atoms with E-state index in [1.54, 1.807) is 0 Å². The Morgan fingerprint density at radius 1 is 0.759 bits per heavy atom. The largest absolute Gasteiger partial charge is 0.461 e. The molecule has 1 aliphatic heterocycles. The molecular weight excluding hydrogens is 386 g/mol. The molecule has 11 nitrogen and oxygen atoms in total. The summed E-state index contributed by atoms with van der Waals surface area (Å²) in [7, 11) is 0. The van der Waals surface area contributed by atoms with Gasteiger partial charge in [0.1, 0.15) is 19.8 Å². The highest BCUT2D eigenvalue weighted by molar-refractivity contribution is 5.81. The van der Waals surface area contributed by atoms with Crippen molar-refractivity contribution in [2.24, 2.45) is 0 Å². The van der Waals surface area contributed by atoms with E-state index in [0.717, 1.165) is 18.2 Å². The van der Waals surface area contributed by atoms with Gasteiger partial charge in [-0.2, -0.15) is 0 Å². The maximum absolute atomic E-state index is 11.2. The van der Waals surface area contributed by atoms with Crippen LogP contribution in [0.3, 0.4) is 0 Å². The molecule has 0 aromatic heterocycles. The highest BCUT2D eigenvalue weighted by atomic mass is 16.5. The van der Waals surface area contributed by atoms with Gasteiger partial charge in [-0.1, -0.05) is 19.7 Å². The van der Waals surface area contributed by atoms with Crippen LogP contribution in [-0.4, -0.2) is 102 Å². The first-order valence-corrected chi connectivity index (χ1v) is 8.81. The predicted octanol–water partition coefficient (Wildman–Crippen LogP) is -1.40. The summed E-state index contributed by atoms with van der Waals surface area (Å²) in [5.41, 5.74) is 0. The molecule has 1 fully saturated rings. The Kier molecular flexibility index (Phi) is 10.8. The molecule has 0 amide bonds. The molecule has 1 heterocycles. The van der Waals surface area contributed by atoms with Crippen LogP contribution in [0.2, 0.25) is 0 Å². The van der Waals surface area contributed by atoms with Crippen molar-refractivity contribution in [2.45, 2.75) is 12.7 Å². The van der Waals surface area contributed by atoms with Crippen molar-refractivity contribution in [2.75, 3.05) is 46.1 Å². The van der Waals surface area contributed by atoms with E-state index in [2.05, 4.69) is 19.7 Å². The molecule has 29 heavy (non-hydrogen) atoms. The number of nitrogens with zero attached hydrogens (tertiary/aromatic N) is 3. The molecule has 2 atom stereocenters. The van der Waals surface area contributed by atoms with Gasteiger partial charge < -0.3 is 24.4 Å². The fourth-order valence-electron chi connectivity index (χ4n) is 2.48. The van der Waals surface area contributed by atoms with Crippen LogP contribution in [-0.2, 0) is 28.6 Å². The smallest absolute Gasteiger partial charge is 0.330 e. The fraction of sp³-hybridized carbons (Fsp3) is 0.500. The zero-order valence-corrected chi connectivity index (χ0v) is 16.1. The second-order valence-corrected chi connectivity index (χ2v) is 5.81. The molecule has 0 aliphatic carbocycles. The molecular formula is C18H27N3O8. The quantitative estimate of drug-likeness (QED) is 0.223. The molecule has 162 valence electrons. The van der Waals surface area contributed by atoms with Crippen molar-refractivity contribution in [3.8, 4) is 0 Å². The second-order valence-electron chi connectivity index (χ2n) is 5.81. The van der Waals surface area contributed by atoms with E-state index in [-0.39, 0.29) is 46.1 Å². The third-order valence-electron chi connectivity index (χ3n) is 3.95. The van der Waals surface area contributed by atoms with Gasteiger partial charge in [-0.25, -0.2) is 29.1 Å². The molecule has 0 radical (unpaired) electrons. The van der Waals surface area contributed by atoms with Gasteiger partial charge in [0.15, 0.2) is 12.7 Å². The number of hydrogen-bond donors (Lipinski definition) is 2. The van der Waals surface area contributed by atoms with Crippen LogP contribution in [0, 0.1) is 0 Å². The Morgan fingerprint density at radius 2 is 1.10 bits per heavy atom. The lowest BCUT2D eigenvalue weighted by Gasteiger charge is -2.48. The standard InChI is InChI=1S/C18H27N3O8/c1-4-14(22)27-10-7-19-13-20(8-11-28-15(23)5-2)18(26)21(17(19)25)9-12-29-16(24)6-3/h4-6,17-18,25-26H,1-3,7-13H2. The van der Waals surface area contributed by atoms with E-state index in [0.29, 0.717) is 0 Å². The van der Waals surface area contributed by atoms with Gasteiger partial charge in [0.25, 0.3) is 0 Å². The number of hydrogen-bond acceptors (Lipinski definition) is 11. The normalized spacial score (nSPS) is 20.5. The van der Waals surface area contributed by atoms with Crippen LogP contribution in [0.25, 0.3) is 0 Å². The number of esters is 3. The zero-order chi connectivity index (χ0) is 21.8. The van der Waals surface area contributed by atoms with E-state index in [4.69, 9.17) is 14.2 Å². The van der Waals surface area contributed by atoms with Crippen LogP contribution >= 0.6 is 0 Å².